The minimum absolute atomic E-state index is 0.295. The fourth-order valence-electron chi connectivity index (χ4n) is 2.92. The van der Waals surface area contributed by atoms with Crippen molar-refractivity contribution in [1.82, 2.24) is 15.2 Å². The van der Waals surface area contributed by atoms with Gasteiger partial charge in [-0.05, 0) is 42.7 Å². The fraction of sp³-hybridized carbons (Fsp3) is 0.238. The maximum absolute atomic E-state index is 12.2. The molecule has 1 aliphatic heterocycles. The first-order valence-electron chi connectivity index (χ1n) is 9.01. The van der Waals surface area contributed by atoms with Crippen molar-refractivity contribution >= 4 is 23.6 Å². The van der Waals surface area contributed by atoms with E-state index >= 15 is 0 Å². The molecule has 1 saturated heterocycles. The van der Waals surface area contributed by atoms with Gasteiger partial charge in [-0.3, -0.25) is 20.8 Å². The van der Waals surface area contributed by atoms with Crippen LogP contribution < -0.4 is 10.6 Å². The number of piperidine rings is 1. The molecule has 7 heteroatoms. The molecule has 1 aromatic carbocycles. The smallest absolute Gasteiger partial charge is 0.327 e. The first-order chi connectivity index (χ1) is 13.5. The van der Waals surface area contributed by atoms with Crippen LogP contribution in [0.5, 0.6) is 0 Å². The van der Waals surface area contributed by atoms with E-state index < -0.39 is 11.9 Å². The first kappa shape index (κ1) is 19.1. The van der Waals surface area contributed by atoms with Crippen molar-refractivity contribution < 1.29 is 9.59 Å². The Balaban J connectivity index is 1.54. The molecule has 0 unspecified atom stereocenters. The lowest BCUT2D eigenvalue weighted by atomic mass is 10.1. The van der Waals surface area contributed by atoms with Crippen molar-refractivity contribution in [3.63, 3.8) is 0 Å². The summed E-state index contributed by atoms with van der Waals surface area (Å²) < 4.78 is 0. The van der Waals surface area contributed by atoms with E-state index in [0.717, 1.165) is 31.4 Å². The fourth-order valence-corrected chi connectivity index (χ4v) is 2.92. The summed E-state index contributed by atoms with van der Waals surface area (Å²) in [7, 11) is 0. The Morgan fingerprint density at radius 1 is 1.18 bits per heavy atom. The van der Waals surface area contributed by atoms with Crippen LogP contribution >= 0.6 is 0 Å². The van der Waals surface area contributed by atoms with Crippen molar-refractivity contribution in [3.8, 4) is 12.3 Å². The number of amides is 3. The SMILES string of the molecule is C#Cc1ccc(NC(=O)NC(=O)c2ccc(CN3CCCCC3=N)cc2)nc1. The summed E-state index contributed by atoms with van der Waals surface area (Å²) in [5.74, 6) is 2.89. The monoisotopic (exact) mass is 375 g/mol. The molecule has 3 N–H and O–H groups in total. The number of rotatable bonds is 4. The maximum Gasteiger partial charge on any atom is 0.327 e. The number of carbonyl (C=O) groups excluding carboxylic acids is 2. The van der Waals surface area contributed by atoms with Crippen molar-refractivity contribution in [2.45, 2.75) is 25.8 Å². The van der Waals surface area contributed by atoms with Gasteiger partial charge in [0.15, 0.2) is 0 Å². The van der Waals surface area contributed by atoms with Gasteiger partial charge in [0.2, 0.25) is 0 Å². The summed E-state index contributed by atoms with van der Waals surface area (Å²) >= 11 is 0. The van der Waals surface area contributed by atoms with Crippen LogP contribution in [-0.4, -0.2) is 34.2 Å². The minimum Gasteiger partial charge on any atom is -0.356 e. The van der Waals surface area contributed by atoms with Gasteiger partial charge < -0.3 is 4.90 Å². The lowest BCUT2D eigenvalue weighted by Crippen LogP contribution is -2.35. The van der Waals surface area contributed by atoms with Gasteiger partial charge in [-0.2, -0.15) is 0 Å². The van der Waals surface area contributed by atoms with Gasteiger partial charge in [-0.25, -0.2) is 9.78 Å². The number of benzene rings is 1. The summed E-state index contributed by atoms with van der Waals surface area (Å²) in [5.41, 5.74) is 2.00. The molecule has 1 aliphatic rings. The second kappa shape index (κ2) is 8.82. The lowest BCUT2D eigenvalue weighted by molar-refractivity contribution is 0.0967. The summed E-state index contributed by atoms with van der Waals surface area (Å²) in [6, 6.07) is 9.56. The average Bonchev–Trinajstić information content (AvgIpc) is 2.71. The van der Waals surface area contributed by atoms with Crippen LogP contribution in [0.1, 0.15) is 40.7 Å². The molecular formula is C21H21N5O2. The number of imide groups is 1. The van der Waals surface area contributed by atoms with Gasteiger partial charge in [0.1, 0.15) is 5.82 Å². The molecule has 0 radical (unpaired) electrons. The molecule has 0 saturated carbocycles. The highest BCUT2D eigenvalue weighted by molar-refractivity contribution is 6.07. The number of hydrogen-bond acceptors (Lipinski definition) is 4. The van der Waals surface area contributed by atoms with E-state index in [-0.39, 0.29) is 0 Å². The highest BCUT2D eigenvalue weighted by atomic mass is 16.2. The molecule has 3 amide bonds. The average molecular weight is 375 g/mol. The Bertz CT molecular complexity index is 913. The molecule has 0 atom stereocenters. The van der Waals surface area contributed by atoms with Crippen molar-refractivity contribution in [1.29, 1.82) is 5.41 Å². The van der Waals surface area contributed by atoms with E-state index in [9.17, 15) is 9.59 Å². The molecule has 2 heterocycles. The number of nitrogens with zero attached hydrogens (tertiary/aromatic N) is 2. The number of aromatic nitrogens is 1. The summed E-state index contributed by atoms with van der Waals surface area (Å²) in [4.78, 5) is 30.2. The second-order valence-corrected chi connectivity index (χ2v) is 6.51. The summed E-state index contributed by atoms with van der Waals surface area (Å²) in [6.07, 6.45) is 9.69. The van der Waals surface area contributed by atoms with E-state index in [2.05, 4.69) is 21.5 Å². The third-order valence-corrected chi connectivity index (χ3v) is 4.46. The number of hydrogen-bond donors (Lipinski definition) is 3. The Hall–Kier alpha value is -3.66. The highest BCUT2D eigenvalue weighted by Crippen LogP contribution is 2.15. The zero-order chi connectivity index (χ0) is 19.9. The van der Waals surface area contributed by atoms with Crippen LogP contribution in [0.15, 0.2) is 42.6 Å². The number of amidine groups is 1. The van der Waals surface area contributed by atoms with Crippen molar-refractivity contribution in [2.75, 3.05) is 11.9 Å². The standard InChI is InChI=1S/C21H21N5O2/c1-2-15-8-11-19(23-13-15)24-21(28)25-20(27)17-9-6-16(7-10-17)14-26-12-4-3-5-18(26)22/h1,6-11,13,22H,3-5,12,14H2,(H2,23,24,25,27,28). The number of nitrogens with one attached hydrogen (secondary N) is 3. The molecule has 0 bridgehead atoms. The van der Waals surface area contributed by atoms with Crippen LogP contribution in [0.2, 0.25) is 0 Å². The molecule has 0 spiro atoms. The van der Waals surface area contributed by atoms with E-state index in [1.165, 1.54) is 6.20 Å². The van der Waals surface area contributed by atoms with Crippen LogP contribution in [0.3, 0.4) is 0 Å². The number of urea groups is 1. The highest BCUT2D eigenvalue weighted by Gasteiger charge is 2.15. The Morgan fingerprint density at radius 2 is 1.96 bits per heavy atom. The first-order valence-corrected chi connectivity index (χ1v) is 9.01. The zero-order valence-electron chi connectivity index (χ0n) is 15.4. The van der Waals surface area contributed by atoms with Crippen LogP contribution in [0, 0.1) is 17.8 Å². The van der Waals surface area contributed by atoms with E-state index in [1.807, 2.05) is 17.0 Å². The molecule has 142 valence electrons. The number of pyridine rings is 1. The Kier molecular flexibility index (Phi) is 6.02. The summed E-state index contributed by atoms with van der Waals surface area (Å²) in [5, 5.41) is 12.8. The number of anilines is 1. The zero-order valence-corrected chi connectivity index (χ0v) is 15.4. The molecule has 7 nitrogen and oxygen atoms in total. The molecule has 3 rings (SSSR count). The molecule has 0 aliphatic carbocycles. The third-order valence-electron chi connectivity index (χ3n) is 4.46. The number of terminal acetylenes is 1. The third kappa shape index (κ3) is 4.95. The molecule has 1 aromatic heterocycles. The number of carbonyl (C=O) groups is 2. The molecule has 28 heavy (non-hydrogen) atoms. The predicted octanol–water partition coefficient (Wildman–Crippen LogP) is 2.99. The van der Waals surface area contributed by atoms with Gasteiger partial charge in [-0.1, -0.05) is 18.1 Å². The predicted molar refractivity (Wildman–Crippen MR) is 107 cm³/mol. The summed E-state index contributed by atoms with van der Waals surface area (Å²) in [6.45, 7) is 1.54. The van der Waals surface area contributed by atoms with E-state index in [1.54, 1.807) is 24.3 Å². The van der Waals surface area contributed by atoms with E-state index in [4.69, 9.17) is 11.8 Å². The maximum atomic E-state index is 12.2. The van der Waals surface area contributed by atoms with Gasteiger partial charge in [0.05, 0.1) is 5.84 Å². The normalized spacial score (nSPS) is 13.5. The van der Waals surface area contributed by atoms with Gasteiger partial charge in [0.25, 0.3) is 5.91 Å². The minimum atomic E-state index is -0.670. The quantitative estimate of drug-likeness (QED) is 0.716. The van der Waals surface area contributed by atoms with E-state index in [0.29, 0.717) is 29.3 Å². The van der Waals surface area contributed by atoms with Crippen LogP contribution in [0.25, 0.3) is 0 Å². The van der Waals surface area contributed by atoms with Gasteiger partial charge >= 0.3 is 6.03 Å². The lowest BCUT2D eigenvalue weighted by Gasteiger charge is -2.29. The molecular weight excluding hydrogens is 354 g/mol. The Morgan fingerprint density at radius 3 is 2.61 bits per heavy atom. The number of likely N-dealkylation sites (tertiary alicyclic amines) is 1. The Labute approximate surface area is 163 Å². The topological polar surface area (TPSA) is 98.2 Å². The van der Waals surface area contributed by atoms with Gasteiger partial charge in [0, 0.05) is 36.8 Å². The van der Waals surface area contributed by atoms with Gasteiger partial charge in [-0.15, -0.1) is 6.42 Å². The van der Waals surface area contributed by atoms with Crippen molar-refractivity contribution in [2.24, 2.45) is 0 Å². The largest absolute Gasteiger partial charge is 0.356 e. The second-order valence-electron chi connectivity index (χ2n) is 6.51. The van der Waals surface area contributed by atoms with Crippen molar-refractivity contribution in [3.05, 3.63) is 59.3 Å². The van der Waals surface area contributed by atoms with Crippen LogP contribution in [-0.2, 0) is 6.54 Å². The van der Waals surface area contributed by atoms with Crippen LogP contribution in [0.4, 0.5) is 10.6 Å². The molecule has 2 aromatic rings. The molecule has 1 fully saturated rings.